The van der Waals surface area contributed by atoms with E-state index in [4.69, 9.17) is 0 Å². The van der Waals surface area contributed by atoms with Crippen molar-refractivity contribution in [2.45, 2.75) is 24.3 Å². The quantitative estimate of drug-likeness (QED) is 0.792. The van der Waals surface area contributed by atoms with Crippen molar-refractivity contribution in [2.24, 2.45) is 5.92 Å². The van der Waals surface area contributed by atoms with E-state index in [1.165, 1.54) is 4.90 Å². The number of carbonyl (C=O) groups excluding carboxylic acids is 1. The molecule has 1 saturated heterocycles. The molecule has 2 N–H and O–H groups in total. The third-order valence-electron chi connectivity index (χ3n) is 3.19. The first-order chi connectivity index (χ1) is 8.79. The Kier molecular flexibility index (Phi) is 7.28. The van der Waals surface area contributed by atoms with Crippen LogP contribution in [0.5, 0.6) is 0 Å². The monoisotopic (exact) mass is 300 g/mol. The lowest BCUT2D eigenvalue weighted by molar-refractivity contribution is -0.127. The molecule has 1 fully saturated rings. The van der Waals surface area contributed by atoms with Gasteiger partial charge in [0.05, 0.1) is 5.92 Å². The average molecular weight is 301 g/mol. The van der Waals surface area contributed by atoms with Gasteiger partial charge in [0.1, 0.15) is 0 Å². The highest BCUT2D eigenvalue weighted by atomic mass is 35.5. The molecule has 1 aliphatic heterocycles. The van der Waals surface area contributed by atoms with Gasteiger partial charge in [0, 0.05) is 29.8 Å². The number of benzene rings is 1. The maximum absolute atomic E-state index is 11.8. The predicted octanol–water partition coefficient (Wildman–Crippen LogP) is 2.31. The molecule has 1 amide bonds. The first kappa shape index (κ1) is 16.3. The number of carbonyl (C=O) groups is 1. The molecular formula is C14H21ClN2OS. The molecule has 1 aromatic rings. The minimum Gasteiger partial charge on any atom is -0.352 e. The Hall–Kier alpha value is -0.710. The van der Waals surface area contributed by atoms with Gasteiger partial charge in [-0.25, -0.2) is 0 Å². The van der Waals surface area contributed by atoms with Crippen molar-refractivity contribution < 1.29 is 4.79 Å². The summed E-state index contributed by atoms with van der Waals surface area (Å²) < 4.78 is 0. The maximum atomic E-state index is 11.8. The fourth-order valence-electron chi connectivity index (χ4n) is 1.77. The van der Waals surface area contributed by atoms with Gasteiger partial charge < -0.3 is 10.6 Å². The Morgan fingerprint density at radius 2 is 2.11 bits per heavy atom. The average Bonchev–Trinajstić information content (AvgIpc) is 2.33. The summed E-state index contributed by atoms with van der Waals surface area (Å²) >= 11 is 1.80. The first-order valence-corrected chi connectivity index (χ1v) is 7.47. The summed E-state index contributed by atoms with van der Waals surface area (Å²) in [7, 11) is 0. The Balaban J connectivity index is 0.00000180. The Morgan fingerprint density at radius 3 is 2.63 bits per heavy atom. The highest BCUT2D eigenvalue weighted by molar-refractivity contribution is 7.99. The lowest BCUT2D eigenvalue weighted by Gasteiger charge is -2.28. The zero-order valence-electron chi connectivity index (χ0n) is 11.1. The smallest absolute Gasteiger partial charge is 0.225 e. The summed E-state index contributed by atoms with van der Waals surface area (Å²) in [5.41, 5.74) is 0. The topological polar surface area (TPSA) is 41.1 Å². The van der Waals surface area contributed by atoms with Gasteiger partial charge in [-0.2, -0.15) is 0 Å². The minimum absolute atomic E-state index is 0. The van der Waals surface area contributed by atoms with Crippen molar-refractivity contribution in [1.82, 2.24) is 10.6 Å². The van der Waals surface area contributed by atoms with E-state index in [-0.39, 0.29) is 30.3 Å². The molecule has 2 rings (SSSR count). The van der Waals surface area contributed by atoms with Gasteiger partial charge in [0.2, 0.25) is 5.91 Å². The second-order valence-electron chi connectivity index (χ2n) is 4.59. The van der Waals surface area contributed by atoms with Crippen LogP contribution in [0.4, 0.5) is 0 Å². The van der Waals surface area contributed by atoms with E-state index in [1.807, 2.05) is 18.2 Å². The lowest BCUT2D eigenvalue weighted by atomic mass is 10.0. The molecule has 0 bridgehead atoms. The fourth-order valence-corrected chi connectivity index (χ4v) is 2.83. The molecule has 1 aromatic carbocycles. The molecule has 19 heavy (non-hydrogen) atoms. The highest BCUT2D eigenvalue weighted by Gasteiger charge is 2.26. The van der Waals surface area contributed by atoms with Gasteiger partial charge in [-0.3, -0.25) is 4.79 Å². The summed E-state index contributed by atoms with van der Waals surface area (Å²) in [4.78, 5) is 13.1. The van der Waals surface area contributed by atoms with Crippen LogP contribution in [0, 0.1) is 5.92 Å². The highest BCUT2D eigenvalue weighted by Crippen LogP contribution is 2.19. The van der Waals surface area contributed by atoms with E-state index in [1.54, 1.807) is 11.8 Å². The number of nitrogens with one attached hydrogen (secondary N) is 2. The molecule has 106 valence electrons. The predicted molar refractivity (Wildman–Crippen MR) is 83.0 cm³/mol. The zero-order chi connectivity index (χ0) is 12.8. The Labute approximate surface area is 125 Å². The van der Waals surface area contributed by atoms with Crippen LogP contribution in [0.25, 0.3) is 0 Å². The summed E-state index contributed by atoms with van der Waals surface area (Å²) in [6.45, 7) is 3.78. The Morgan fingerprint density at radius 1 is 1.42 bits per heavy atom. The second-order valence-corrected chi connectivity index (χ2v) is 5.69. The minimum atomic E-state index is 0. The van der Waals surface area contributed by atoms with E-state index in [0.29, 0.717) is 0 Å². The molecule has 1 unspecified atom stereocenters. The number of halogens is 1. The number of rotatable bonds is 6. The van der Waals surface area contributed by atoms with E-state index in [2.05, 4.69) is 29.7 Å². The SMILES string of the molecule is CCC(CSc1ccccc1)NC(=O)C1CNC1.Cl. The molecule has 1 aliphatic rings. The van der Waals surface area contributed by atoms with E-state index < -0.39 is 0 Å². The van der Waals surface area contributed by atoms with Crippen molar-refractivity contribution in [2.75, 3.05) is 18.8 Å². The van der Waals surface area contributed by atoms with Crippen LogP contribution in [-0.4, -0.2) is 30.8 Å². The van der Waals surface area contributed by atoms with E-state index in [9.17, 15) is 4.79 Å². The van der Waals surface area contributed by atoms with E-state index >= 15 is 0 Å². The zero-order valence-corrected chi connectivity index (χ0v) is 12.7. The fraction of sp³-hybridized carbons (Fsp3) is 0.500. The van der Waals surface area contributed by atoms with Gasteiger partial charge in [0.15, 0.2) is 0 Å². The first-order valence-electron chi connectivity index (χ1n) is 6.48. The standard InChI is InChI=1S/C14H20N2OS.ClH/c1-2-12(16-14(17)11-8-15-9-11)10-18-13-6-4-3-5-7-13;/h3-7,11-12,15H,2,8-10H2,1H3,(H,16,17);1H. The normalized spacial score (nSPS) is 16.1. The summed E-state index contributed by atoms with van der Waals surface area (Å²) in [6, 6.07) is 10.6. The largest absolute Gasteiger partial charge is 0.352 e. The summed E-state index contributed by atoms with van der Waals surface area (Å²) in [5, 5.41) is 6.26. The molecule has 0 aromatic heterocycles. The Bertz CT molecular complexity index is 384. The molecule has 3 nitrogen and oxygen atoms in total. The molecule has 0 spiro atoms. The molecule has 0 aliphatic carbocycles. The van der Waals surface area contributed by atoms with Crippen LogP contribution in [0.2, 0.25) is 0 Å². The molecule has 0 radical (unpaired) electrons. The van der Waals surface area contributed by atoms with Gasteiger partial charge in [0.25, 0.3) is 0 Å². The molecular weight excluding hydrogens is 280 g/mol. The summed E-state index contributed by atoms with van der Waals surface area (Å²) in [6.07, 6.45) is 0.978. The van der Waals surface area contributed by atoms with Crippen molar-refractivity contribution >= 4 is 30.1 Å². The molecule has 1 atom stereocenters. The van der Waals surface area contributed by atoms with Gasteiger partial charge in [-0.05, 0) is 18.6 Å². The molecule has 5 heteroatoms. The van der Waals surface area contributed by atoms with Crippen LogP contribution in [0.15, 0.2) is 35.2 Å². The van der Waals surface area contributed by atoms with Crippen LogP contribution in [0.3, 0.4) is 0 Å². The summed E-state index contributed by atoms with van der Waals surface area (Å²) in [5.74, 6) is 1.32. The van der Waals surface area contributed by atoms with Crippen molar-refractivity contribution in [3.63, 3.8) is 0 Å². The second kappa shape index (κ2) is 8.46. The van der Waals surface area contributed by atoms with Crippen molar-refractivity contribution in [3.8, 4) is 0 Å². The van der Waals surface area contributed by atoms with Crippen LogP contribution in [0.1, 0.15) is 13.3 Å². The third kappa shape index (κ3) is 5.05. The van der Waals surface area contributed by atoms with Crippen LogP contribution >= 0.6 is 24.2 Å². The van der Waals surface area contributed by atoms with Crippen LogP contribution in [-0.2, 0) is 4.79 Å². The van der Waals surface area contributed by atoms with Gasteiger partial charge in [-0.15, -0.1) is 24.2 Å². The van der Waals surface area contributed by atoms with Gasteiger partial charge in [-0.1, -0.05) is 25.1 Å². The third-order valence-corrected chi connectivity index (χ3v) is 4.36. The van der Waals surface area contributed by atoms with Gasteiger partial charge >= 0.3 is 0 Å². The molecule has 0 saturated carbocycles. The number of hydrogen-bond donors (Lipinski definition) is 2. The number of amides is 1. The molecule has 1 heterocycles. The number of hydrogen-bond acceptors (Lipinski definition) is 3. The lowest BCUT2D eigenvalue weighted by Crippen LogP contribution is -2.53. The van der Waals surface area contributed by atoms with Crippen LogP contribution < -0.4 is 10.6 Å². The van der Waals surface area contributed by atoms with E-state index in [0.717, 1.165) is 25.3 Å². The van der Waals surface area contributed by atoms with Crippen molar-refractivity contribution in [3.05, 3.63) is 30.3 Å². The van der Waals surface area contributed by atoms with Crippen molar-refractivity contribution in [1.29, 1.82) is 0 Å². The number of thioether (sulfide) groups is 1. The maximum Gasteiger partial charge on any atom is 0.225 e.